The van der Waals surface area contributed by atoms with Crippen LogP contribution in [0.2, 0.25) is 0 Å². The molecule has 14 heavy (non-hydrogen) atoms. The van der Waals surface area contributed by atoms with E-state index in [1.165, 1.54) is 0 Å². The van der Waals surface area contributed by atoms with E-state index in [4.69, 9.17) is 0 Å². The molecule has 1 rings (SSSR count). The third-order valence-electron chi connectivity index (χ3n) is 4.58. The van der Waals surface area contributed by atoms with Crippen molar-refractivity contribution in [3.8, 4) is 0 Å². The smallest absolute Gasteiger partial charge is 0.309 e. The van der Waals surface area contributed by atoms with Gasteiger partial charge in [-0.3, -0.25) is 4.79 Å². The van der Waals surface area contributed by atoms with Crippen LogP contribution in [0.5, 0.6) is 0 Å². The van der Waals surface area contributed by atoms with Crippen molar-refractivity contribution in [3.05, 3.63) is 0 Å². The largest absolute Gasteiger partial charge is 0.481 e. The molecule has 0 aromatic carbocycles. The van der Waals surface area contributed by atoms with Crippen LogP contribution in [0.4, 0.5) is 0 Å². The Morgan fingerprint density at radius 1 is 1.36 bits per heavy atom. The fourth-order valence-corrected chi connectivity index (χ4v) is 3.09. The van der Waals surface area contributed by atoms with E-state index in [0.717, 1.165) is 12.8 Å². The van der Waals surface area contributed by atoms with E-state index in [9.17, 15) is 9.90 Å². The van der Waals surface area contributed by atoms with Crippen molar-refractivity contribution in [2.24, 2.45) is 22.7 Å². The van der Waals surface area contributed by atoms with Crippen LogP contribution in [0.25, 0.3) is 0 Å². The number of hydrogen-bond acceptors (Lipinski definition) is 1. The van der Waals surface area contributed by atoms with Gasteiger partial charge >= 0.3 is 5.97 Å². The lowest BCUT2D eigenvalue weighted by atomic mass is 9.63. The van der Waals surface area contributed by atoms with E-state index in [-0.39, 0.29) is 5.41 Å². The Balaban J connectivity index is 3.02. The number of carbonyl (C=O) groups is 1. The molecule has 0 saturated heterocycles. The van der Waals surface area contributed by atoms with Crippen molar-refractivity contribution in [1.29, 1.82) is 0 Å². The average molecular weight is 198 g/mol. The molecule has 0 aliphatic heterocycles. The van der Waals surface area contributed by atoms with Gasteiger partial charge in [0.1, 0.15) is 0 Å². The average Bonchev–Trinajstić information content (AvgIpc) is 2.24. The predicted octanol–water partition coefficient (Wildman–Crippen LogP) is 3.17. The van der Waals surface area contributed by atoms with Crippen molar-refractivity contribution in [2.45, 2.75) is 47.5 Å². The summed E-state index contributed by atoms with van der Waals surface area (Å²) in [5, 5.41) is 9.31. The summed E-state index contributed by atoms with van der Waals surface area (Å²) in [5.41, 5.74) is -0.630. The van der Waals surface area contributed by atoms with Crippen LogP contribution in [-0.2, 0) is 4.79 Å². The summed E-state index contributed by atoms with van der Waals surface area (Å²) < 4.78 is 0. The summed E-state index contributed by atoms with van der Waals surface area (Å²) in [4.78, 5) is 11.3. The second-order valence-electron chi connectivity index (χ2n) is 5.75. The summed E-state index contributed by atoms with van der Waals surface area (Å²) >= 11 is 0. The Bertz CT molecular complexity index is 243. The van der Waals surface area contributed by atoms with Crippen LogP contribution in [0.15, 0.2) is 0 Å². The highest BCUT2D eigenvalue weighted by Crippen LogP contribution is 2.58. The molecule has 0 spiro atoms. The standard InChI is InChI=1S/C12H22O2/c1-8(2)9-6-7-12(5,10(13)14)11(9,3)4/h8-9H,6-7H2,1-5H3,(H,13,14). The predicted molar refractivity (Wildman–Crippen MR) is 57.1 cm³/mol. The van der Waals surface area contributed by atoms with Gasteiger partial charge in [-0.1, -0.05) is 27.7 Å². The van der Waals surface area contributed by atoms with Gasteiger partial charge in [-0.15, -0.1) is 0 Å². The van der Waals surface area contributed by atoms with Crippen molar-refractivity contribution < 1.29 is 9.90 Å². The number of aliphatic carboxylic acids is 1. The molecule has 0 aromatic heterocycles. The lowest BCUT2D eigenvalue weighted by molar-refractivity contribution is -0.154. The zero-order valence-corrected chi connectivity index (χ0v) is 9.92. The van der Waals surface area contributed by atoms with Gasteiger partial charge in [-0.05, 0) is 37.0 Å². The minimum absolute atomic E-state index is 0.0903. The summed E-state index contributed by atoms with van der Waals surface area (Å²) in [6.07, 6.45) is 1.87. The minimum atomic E-state index is -0.634. The zero-order chi connectivity index (χ0) is 11.1. The summed E-state index contributed by atoms with van der Waals surface area (Å²) in [7, 11) is 0. The first kappa shape index (κ1) is 11.5. The monoisotopic (exact) mass is 198 g/mol. The van der Waals surface area contributed by atoms with Crippen molar-refractivity contribution in [1.82, 2.24) is 0 Å². The maximum atomic E-state index is 11.3. The van der Waals surface area contributed by atoms with E-state index in [2.05, 4.69) is 27.7 Å². The van der Waals surface area contributed by atoms with Gasteiger partial charge in [0.05, 0.1) is 5.41 Å². The molecule has 2 atom stereocenters. The van der Waals surface area contributed by atoms with Crippen LogP contribution in [0.3, 0.4) is 0 Å². The van der Waals surface area contributed by atoms with E-state index >= 15 is 0 Å². The first-order chi connectivity index (χ1) is 6.23. The van der Waals surface area contributed by atoms with Crippen LogP contribution in [-0.4, -0.2) is 11.1 Å². The van der Waals surface area contributed by atoms with Gasteiger partial charge in [0.15, 0.2) is 0 Å². The van der Waals surface area contributed by atoms with E-state index in [1.54, 1.807) is 0 Å². The maximum absolute atomic E-state index is 11.3. The fraction of sp³-hybridized carbons (Fsp3) is 0.917. The first-order valence-electron chi connectivity index (χ1n) is 5.47. The highest BCUT2D eigenvalue weighted by molar-refractivity contribution is 5.75. The lowest BCUT2D eigenvalue weighted by Gasteiger charge is -2.40. The third kappa shape index (κ3) is 1.35. The quantitative estimate of drug-likeness (QED) is 0.740. The number of carboxylic acid groups (broad SMARTS) is 1. The molecular formula is C12H22O2. The zero-order valence-electron chi connectivity index (χ0n) is 9.92. The summed E-state index contributed by atoms with van der Waals surface area (Å²) in [6, 6.07) is 0. The molecule has 2 nitrogen and oxygen atoms in total. The van der Waals surface area contributed by atoms with Crippen LogP contribution in [0.1, 0.15) is 47.5 Å². The van der Waals surface area contributed by atoms with Crippen molar-refractivity contribution >= 4 is 5.97 Å². The van der Waals surface area contributed by atoms with Gasteiger partial charge in [-0.25, -0.2) is 0 Å². The first-order valence-corrected chi connectivity index (χ1v) is 5.47. The molecule has 1 aliphatic rings. The molecule has 82 valence electrons. The van der Waals surface area contributed by atoms with Crippen molar-refractivity contribution in [3.63, 3.8) is 0 Å². The molecule has 0 heterocycles. The third-order valence-corrected chi connectivity index (χ3v) is 4.58. The van der Waals surface area contributed by atoms with E-state index in [1.807, 2.05) is 6.92 Å². The Morgan fingerprint density at radius 3 is 2.07 bits per heavy atom. The Morgan fingerprint density at radius 2 is 1.86 bits per heavy atom. The van der Waals surface area contributed by atoms with Gasteiger partial charge < -0.3 is 5.11 Å². The summed E-state index contributed by atoms with van der Waals surface area (Å²) in [6.45, 7) is 10.5. The second-order valence-corrected chi connectivity index (χ2v) is 5.75. The number of rotatable bonds is 2. The molecular weight excluding hydrogens is 176 g/mol. The Kier molecular flexibility index (Phi) is 2.68. The minimum Gasteiger partial charge on any atom is -0.481 e. The molecule has 2 heteroatoms. The molecule has 0 bridgehead atoms. The van der Waals surface area contributed by atoms with Crippen LogP contribution in [0, 0.1) is 22.7 Å². The molecule has 1 N–H and O–H groups in total. The molecule has 1 fully saturated rings. The van der Waals surface area contributed by atoms with Gasteiger partial charge in [0, 0.05) is 0 Å². The normalized spacial score (nSPS) is 36.3. The molecule has 1 aliphatic carbocycles. The molecule has 0 aromatic rings. The lowest BCUT2D eigenvalue weighted by Crippen LogP contribution is -2.41. The molecule has 0 radical (unpaired) electrons. The summed E-state index contributed by atoms with van der Waals surface area (Å²) in [5.74, 6) is 0.473. The second kappa shape index (κ2) is 3.25. The topological polar surface area (TPSA) is 37.3 Å². The Labute approximate surface area is 86.7 Å². The molecule has 2 unspecified atom stereocenters. The highest BCUT2D eigenvalue weighted by Gasteiger charge is 2.56. The van der Waals surface area contributed by atoms with Gasteiger partial charge in [0.25, 0.3) is 0 Å². The van der Waals surface area contributed by atoms with Gasteiger partial charge in [0.2, 0.25) is 0 Å². The fourth-order valence-electron chi connectivity index (χ4n) is 3.09. The van der Waals surface area contributed by atoms with Crippen molar-refractivity contribution in [2.75, 3.05) is 0 Å². The van der Waals surface area contributed by atoms with Crippen LogP contribution < -0.4 is 0 Å². The maximum Gasteiger partial charge on any atom is 0.309 e. The van der Waals surface area contributed by atoms with E-state index in [0.29, 0.717) is 11.8 Å². The molecule has 0 amide bonds. The molecule has 1 saturated carbocycles. The van der Waals surface area contributed by atoms with Gasteiger partial charge in [-0.2, -0.15) is 0 Å². The number of hydrogen-bond donors (Lipinski definition) is 1. The Hall–Kier alpha value is -0.530. The van der Waals surface area contributed by atoms with E-state index < -0.39 is 11.4 Å². The van der Waals surface area contributed by atoms with Crippen LogP contribution >= 0.6 is 0 Å². The SMILES string of the molecule is CC(C)C1CCC(C)(C(=O)O)C1(C)C. The number of carboxylic acids is 1. The highest BCUT2D eigenvalue weighted by atomic mass is 16.4.